The van der Waals surface area contributed by atoms with Crippen LogP contribution in [0.3, 0.4) is 0 Å². The van der Waals surface area contributed by atoms with E-state index in [1.54, 1.807) is 6.08 Å². The van der Waals surface area contributed by atoms with Gasteiger partial charge in [0.2, 0.25) is 6.08 Å². The maximum Gasteiger partial charge on any atom is 0.235 e. The predicted octanol–water partition coefficient (Wildman–Crippen LogP) is 0.659. The van der Waals surface area contributed by atoms with E-state index in [2.05, 4.69) is 4.99 Å². The van der Waals surface area contributed by atoms with Crippen LogP contribution in [-0.2, 0) is 14.3 Å². The first kappa shape index (κ1) is 8.88. The van der Waals surface area contributed by atoms with Crippen LogP contribution in [0.2, 0.25) is 0 Å². The number of hydrogen-bond acceptors (Lipinski definition) is 4. The van der Waals surface area contributed by atoms with Crippen LogP contribution in [0.5, 0.6) is 0 Å². The van der Waals surface area contributed by atoms with Gasteiger partial charge in [-0.15, -0.1) is 0 Å². The van der Waals surface area contributed by atoms with Gasteiger partial charge in [-0.2, -0.15) is 4.99 Å². The molecule has 4 heteroatoms. The quantitative estimate of drug-likeness (QED) is 0.443. The van der Waals surface area contributed by atoms with Gasteiger partial charge in [0.05, 0.1) is 12.1 Å². The summed E-state index contributed by atoms with van der Waals surface area (Å²) in [4.78, 5) is 13.9. The summed E-state index contributed by atoms with van der Waals surface area (Å²) in [5.74, 6) is 0. The van der Waals surface area contributed by atoms with Crippen molar-refractivity contribution in [2.75, 3.05) is 13.2 Å². The molecule has 2 unspecified atom stereocenters. The van der Waals surface area contributed by atoms with Crippen molar-refractivity contribution in [1.82, 2.24) is 0 Å². The maximum absolute atomic E-state index is 10.2. The standard InChI is InChI=1S/C9H13NO3/c11-6-10-7-3-5-12-8-2-1-4-13-9(7)8/h7-9H,1-5H2/t7?,8-,9?/m1/s1. The van der Waals surface area contributed by atoms with Crippen molar-refractivity contribution < 1.29 is 14.3 Å². The molecule has 72 valence electrons. The zero-order valence-electron chi connectivity index (χ0n) is 7.44. The first-order chi connectivity index (χ1) is 6.42. The molecule has 0 aromatic carbocycles. The molecule has 0 radical (unpaired) electrons. The van der Waals surface area contributed by atoms with Crippen molar-refractivity contribution >= 4 is 6.08 Å². The molecular formula is C9H13NO3. The fraction of sp³-hybridized carbons (Fsp3) is 0.889. The number of isocyanates is 1. The van der Waals surface area contributed by atoms with Crippen LogP contribution < -0.4 is 0 Å². The van der Waals surface area contributed by atoms with Gasteiger partial charge in [-0.1, -0.05) is 0 Å². The van der Waals surface area contributed by atoms with Crippen LogP contribution in [0.4, 0.5) is 0 Å². The summed E-state index contributed by atoms with van der Waals surface area (Å²) in [7, 11) is 0. The smallest absolute Gasteiger partial charge is 0.235 e. The van der Waals surface area contributed by atoms with Crippen molar-refractivity contribution in [2.45, 2.75) is 37.5 Å². The second kappa shape index (κ2) is 4.01. The number of rotatable bonds is 1. The zero-order chi connectivity index (χ0) is 9.10. The van der Waals surface area contributed by atoms with Gasteiger partial charge in [-0.3, -0.25) is 0 Å². The summed E-state index contributed by atoms with van der Waals surface area (Å²) in [5.41, 5.74) is 0. The number of hydrogen-bond donors (Lipinski definition) is 0. The largest absolute Gasteiger partial charge is 0.375 e. The Hall–Kier alpha value is -0.700. The molecule has 0 N–H and O–H groups in total. The number of aliphatic imine (C=N–C) groups is 1. The third kappa shape index (κ3) is 1.80. The zero-order valence-corrected chi connectivity index (χ0v) is 7.44. The minimum absolute atomic E-state index is 0.0102. The SMILES string of the molecule is O=C=NC1CCO[C@@H]2CCCOC12. The van der Waals surface area contributed by atoms with Crippen molar-refractivity contribution in [2.24, 2.45) is 4.99 Å². The molecule has 2 rings (SSSR count). The van der Waals surface area contributed by atoms with Crippen LogP contribution in [-0.4, -0.2) is 37.5 Å². The van der Waals surface area contributed by atoms with Crippen LogP contribution in [0.25, 0.3) is 0 Å². The number of nitrogens with zero attached hydrogens (tertiary/aromatic N) is 1. The Labute approximate surface area is 76.9 Å². The summed E-state index contributed by atoms with van der Waals surface area (Å²) in [6.45, 7) is 1.44. The molecule has 0 spiro atoms. The first-order valence-electron chi connectivity index (χ1n) is 4.72. The Balaban J connectivity index is 2.06. The molecule has 2 saturated heterocycles. The van der Waals surface area contributed by atoms with Crippen molar-refractivity contribution in [3.05, 3.63) is 0 Å². The summed E-state index contributed by atoms with van der Waals surface area (Å²) >= 11 is 0. The minimum atomic E-state index is -0.0310. The molecule has 0 aromatic heterocycles. The Kier molecular flexibility index (Phi) is 2.74. The molecule has 2 aliphatic heterocycles. The predicted molar refractivity (Wildman–Crippen MR) is 45.2 cm³/mol. The van der Waals surface area contributed by atoms with E-state index in [4.69, 9.17) is 9.47 Å². The monoisotopic (exact) mass is 183 g/mol. The summed E-state index contributed by atoms with van der Waals surface area (Å²) < 4.78 is 11.1. The maximum atomic E-state index is 10.2. The molecule has 2 aliphatic rings. The fourth-order valence-electron chi connectivity index (χ4n) is 2.02. The summed E-state index contributed by atoms with van der Waals surface area (Å²) in [6.07, 6.45) is 4.58. The van der Waals surface area contributed by atoms with E-state index in [1.165, 1.54) is 0 Å². The average Bonchev–Trinajstić information content (AvgIpc) is 2.19. The number of fused-ring (bicyclic) bond motifs is 1. The highest BCUT2D eigenvalue weighted by atomic mass is 16.5. The van der Waals surface area contributed by atoms with E-state index in [9.17, 15) is 4.79 Å². The third-order valence-corrected chi connectivity index (χ3v) is 2.65. The Morgan fingerprint density at radius 2 is 2.15 bits per heavy atom. The van der Waals surface area contributed by atoms with E-state index < -0.39 is 0 Å². The van der Waals surface area contributed by atoms with Crippen LogP contribution >= 0.6 is 0 Å². The first-order valence-corrected chi connectivity index (χ1v) is 4.72. The molecule has 0 bridgehead atoms. The van der Waals surface area contributed by atoms with Gasteiger partial charge >= 0.3 is 0 Å². The summed E-state index contributed by atoms with van der Waals surface area (Å²) in [6, 6.07) is -0.0310. The molecule has 0 aromatic rings. The average molecular weight is 183 g/mol. The Bertz CT molecular complexity index is 223. The van der Waals surface area contributed by atoms with Gasteiger partial charge < -0.3 is 9.47 Å². The van der Waals surface area contributed by atoms with E-state index >= 15 is 0 Å². The van der Waals surface area contributed by atoms with E-state index in [1.807, 2.05) is 0 Å². The second-order valence-electron chi connectivity index (χ2n) is 3.46. The third-order valence-electron chi connectivity index (χ3n) is 2.65. The minimum Gasteiger partial charge on any atom is -0.375 e. The second-order valence-corrected chi connectivity index (χ2v) is 3.46. The lowest BCUT2D eigenvalue weighted by molar-refractivity contribution is -0.141. The van der Waals surface area contributed by atoms with Crippen LogP contribution in [0, 0.1) is 0 Å². The highest BCUT2D eigenvalue weighted by Gasteiger charge is 2.36. The van der Waals surface area contributed by atoms with Crippen LogP contribution in [0.15, 0.2) is 4.99 Å². The topological polar surface area (TPSA) is 47.9 Å². The lowest BCUT2D eigenvalue weighted by Crippen LogP contribution is -2.48. The molecular weight excluding hydrogens is 170 g/mol. The molecule has 3 atom stereocenters. The normalized spacial score (nSPS) is 38.9. The fourth-order valence-corrected chi connectivity index (χ4v) is 2.02. The Morgan fingerprint density at radius 1 is 1.23 bits per heavy atom. The molecule has 2 fully saturated rings. The molecule has 4 nitrogen and oxygen atoms in total. The van der Waals surface area contributed by atoms with E-state index in [-0.39, 0.29) is 18.2 Å². The Morgan fingerprint density at radius 3 is 3.00 bits per heavy atom. The van der Waals surface area contributed by atoms with E-state index in [0.717, 1.165) is 25.9 Å². The summed E-state index contributed by atoms with van der Waals surface area (Å²) in [5, 5.41) is 0. The van der Waals surface area contributed by atoms with Gasteiger partial charge in [-0.25, -0.2) is 4.79 Å². The highest BCUT2D eigenvalue weighted by Crippen LogP contribution is 2.27. The molecule has 2 heterocycles. The van der Waals surface area contributed by atoms with Gasteiger partial charge in [0.25, 0.3) is 0 Å². The van der Waals surface area contributed by atoms with Crippen molar-refractivity contribution in [1.29, 1.82) is 0 Å². The van der Waals surface area contributed by atoms with E-state index in [0.29, 0.717) is 6.61 Å². The van der Waals surface area contributed by atoms with Crippen LogP contribution in [0.1, 0.15) is 19.3 Å². The molecule has 0 saturated carbocycles. The van der Waals surface area contributed by atoms with Gasteiger partial charge in [0.15, 0.2) is 0 Å². The van der Waals surface area contributed by atoms with Gasteiger partial charge in [0.1, 0.15) is 6.10 Å². The molecule has 0 aliphatic carbocycles. The number of ether oxygens (including phenoxy) is 2. The highest BCUT2D eigenvalue weighted by molar-refractivity contribution is 5.34. The van der Waals surface area contributed by atoms with Gasteiger partial charge in [0, 0.05) is 13.2 Å². The lowest BCUT2D eigenvalue weighted by atomic mass is 9.95. The van der Waals surface area contributed by atoms with Crippen molar-refractivity contribution in [3.63, 3.8) is 0 Å². The molecule has 13 heavy (non-hydrogen) atoms. The van der Waals surface area contributed by atoms with Gasteiger partial charge in [-0.05, 0) is 19.3 Å². The molecule has 0 amide bonds. The van der Waals surface area contributed by atoms with Crippen molar-refractivity contribution in [3.8, 4) is 0 Å². The lowest BCUT2D eigenvalue weighted by Gasteiger charge is -2.38. The number of carbonyl (C=O) groups excluding carboxylic acids is 1.